The molecule has 0 radical (unpaired) electrons. The molecular weight excluding hydrogens is 296 g/mol. The number of hydrogen-bond acceptors (Lipinski definition) is 4. The molecule has 0 saturated heterocycles. The van der Waals surface area contributed by atoms with Gasteiger partial charge in [-0.25, -0.2) is 4.79 Å². The highest BCUT2D eigenvalue weighted by atomic mass is 16.5. The van der Waals surface area contributed by atoms with Gasteiger partial charge in [-0.3, -0.25) is 14.5 Å². The number of alkyl carbamates (subject to hydrolysis) is 1. The number of nitrogens with one attached hydrogen (secondary N) is 1. The predicted molar refractivity (Wildman–Crippen MR) is 83.3 cm³/mol. The number of rotatable bonds is 5. The minimum atomic E-state index is -0.477. The Morgan fingerprint density at radius 3 is 2.35 bits per heavy atom. The molecule has 3 rings (SSSR count). The van der Waals surface area contributed by atoms with E-state index < -0.39 is 6.09 Å². The molecule has 3 atom stereocenters. The molecule has 2 aliphatic carbocycles. The molecule has 0 aromatic carbocycles. The molecule has 1 unspecified atom stereocenters. The van der Waals surface area contributed by atoms with Crippen LogP contribution in [0.25, 0.3) is 0 Å². The maximum atomic E-state index is 11.7. The number of carbonyl (C=O) groups excluding carboxylic acids is 3. The number of ether oxygens (including phenoxy) is 1. The monoisotopic (exact) mass is 318 g/mol. The highest BCUT2D eigenvalue weighted by Gasteiger charge is 2.49. The van der Waals surface area contributed by atoms with Crippen molar-refractivity contribution in [1.29, 1.82) is 0 Å². The zero-order valence-electron chi connectivity index (χ0n) is 13.1. The summed E-state index contributed by atoms with van der Waals surface area (Å²) in [5.74, 6) is 1.20. The van der Waals surface area contributed by atoms with Gasteiger partial charge >= 0.3 is 6.09 Å². The highest BCUT2D eigenvalue weighted by Crippen LogP contribution is 2.52. The molecule has 1 fully saturated rings. The summed E-state index contributed by atoms with van der Waals surface area (Å²) in [6.45, 7) is 0.837. The maximum absolute atomic E-state index is 11.7. The predicted octanol–water partition coefficient (Wildman–Crippen LogP) is 1.63. The van der Waals surface area contributed by atoms with Gasteiger partial charge in [0.2, 0.25) is 0 Å². The first-order chi connectivity index (χ1) is 11.2. The Kier molecular flexibility index (Phi) is 4.79. The SMILES string of the molecule is O=C(NCCN1C(=O)C=CC1=O)OCC1[C@H]2CC/C=C/CC[C@@H]12. The Bertz CT molecular complexity index is 521. The molecule has 0 aromatic rings. The van der Waals surface area contributed by atoms with Crippen molar-refractivity contribution in [3.8, 4) is 0 Å². The number of amides is 3. The van der Waals surface area contributed by atoms with Crippen molar-refractivity contribution in [2.45, 2.75) is 25.7 Å². The summed E-state index contributed by atoms with van der Waals surface area (Å²) in [6, 6.07) is 0. The highest BCUT2D eigenvalue weighted by molar-refractivity contribution is 6.12. The molecule has 1 saturated carbocycles. The largest absolute Gasteiger partial charge is 0.449 e. The molecule has 3 aliphatic rings. The summed E-state index contributed by atoms with van der Waals surface area (Å²) in [7, 11) is 0. The minimum Gasteiger partial charge on any atom is -0.449 e. The first-order valence-electron chi connectivity index (χ1n) is 8.26. The van der Waals surface area contributed by atoms with E-state index >= 15 is 0 Å². The summed E-state index contributed by atoms with van der Waals surface area (Å²) in [6.07, 6.45) is 11.1. The Morgan fingerprint density at radius 1 is 1.13 bits per heavy atom. The van der Waals surface area contributed by atoms with Gasteiger partial charge in [-0.2, -0.15) is 0 Å². The van der Waals surface area contributed by atoms with E-state index in [1.807, 2.05) is 0 Å². The summed E-state index contributed by atoms with van der Waals surface area (Å²) < 4.78 is 5.28. The molecule has 6 nitrogen and oxygen atoms in total. The summed E-state index contributed by atoms with van der Waals surface area (Å²) in [5.41, 5.74) is 0. The maximum Gasteiger partial charge on any atom is 0.407 e. The van der Waals surface area contributed by atoms with Crippen LogP contribution in [0.3, 0.4) is 0 Å². The molecule has 1 heterocycles. The number of imide groups is 1. The molecule has 0 spiro atoms. The van der Waals surface area contributed by atoms with Gasteiger partial charge in [-0.05, 0) is 43.4 Å². The molecule has 124 valence electrons. The standard InChI is InChI=1S/C17H22N2O4/c20-15-7-8-16(21)19(15)10-9-18-17(22)23-11-14-12-5-3-1-2-4-6-13(12)14/h1-2,7-8,12-14H,3-6,9-11H2,(H,18,22)/b2-1+/t12-,13+,14?. The first kappa shape index (κ1) is 15.8. The third kappa shape index (κ3) is 3.81. The van der Waals surface area contributed by atoms with E-state index in [4.69, 9.17) is 4.74 Å². The van der Waals surface area contributed by atoms with E-state index in [1.54, 1.807) is 0 Å². The van der Waals surface area contributed by atoms with Crippen molar-refractivity contribution in [1.82, 2.24) is 10.2 Å². The van der Waals surface area contributed by atoms with Crippen LogP contribution in [0.1, 0.15) is 25.7 Å². The van der Waals surface area contributed by atoms with Crippen molar-refractivity contribution in [3.63, 3.8) is 0 Å². The number of hydrogen-bond donors (Lipinski definition) is 1. The van der Waals surface area contributed by atoms with Crippen LogP contribution in [-0.2, 0) is 14.3 Å². The van der Waals surface area contributed by atoms with Gasteiger partial charge in [0.05, 0.1) is 6.61 Å². The number of fused-ring (bicyclic) bond motifs is 1. The molecule has 3 amide bonds. The normalized spacial score (nSPS) is 30.4. The van der Waals surface area contributed by atoms with Gasteiger partial charge in [0.15, 0.2) is 0 Å². The summed E-state index contributed by atoms with van der Waals surface area (Å²) >= 11 is 0. The number of nitrogens with zero attached hydrogens (tertiary/aromatic N) is 1. The van der Waals surface area contributed by atoms with E-state index in [0.29, 0.717) is 24.4 Å². The van der Waals surface area contributed by atoms with Crippen LogP contribution < -0.4 is 5.32 Å². The van der Waals surface area contributed by atoms with E-state index in [0.717, 1.165) is 17.7 Å². The lowest BCUT2D eigenvalue weighted by molar-refractivity contribution is -0.136. The molecule has 1 N–H and O–H groups in total. The van der Waals surface area contributed by atoms with Crippen LogP contribution >= 0.6 is 0 Å². The Hall–Kier alpha value is -2.11. The lowest BCUT2D eigenvalue weighted by atomic mass is 10.1. The van der Waals surface area contributed by atoms with Gasteiger partial charge in [0.25, 0.3) is 11.8 Å². The molecular formula is C17H22N2O4. The van der Waals surface area contributed by atoms with Crippen LogP contribution in [0.15, 0.2) is 24.3 Å². The summed E-state index contributed by atoms with van der Waals surface area (Å²) in [4.78, 5) is 35.5. The van der Waals surface area contributed by atoms with E-state index in [2.05, 4.69) is 17.5 Å². The number of allylic oxidation sites excluding steroid dienone is 2. The average Bonchev–Trinajstić information content (AvgIpc) is 3.05. The van der Waals surface area contributed by atoms with E-state index in [-0.39, 0.29) is 24.9 Å². The van der Waals surface area contributed by atoms with Gasteiger partial charge < -0.3 is 10.1 Å². The van der Waals surface area contributed by atoms with Crippen molar-refractivity contribution in [3.05, 3.63) is 24.3 Å². The summed E-state index contributed by atoms with van der Waals surface area (Å²) in [5, 5.41) is 2.59. The molecule has 1 aliphatic heterocycles. The Morgan fingerprint density at radius 2 is 1.74 bits per heavy atom. The van der Waals surface area contributed by atoms with Crippen LogP contribution in [0.4, 0.5) is 4.79 Å². The smallest absolute Gasteiger partial charge is 0.407 e. The molecule has 23 heavy (non-hydrogen) atoms. The third-order valence-electron chi connectivity index (χ3n) is 4.92. The van der Waals surface area contributed by atoms with Gasteiger partial charge in [-0.1, -0.05) is 12.2 Å². The average molecular weight is 318 g/mol. The van der Waals surface area contributed by atoms with Crippen LogP contribution in [0.2, 0.25) is 0 Å². The van der Waals surface area contributed by atoms with Gasteiger partial charge in [0.1, 0.15) is 0 Å². The lowest BCUT2D eigenvalue weighted by Crippen LogP contribution is -2.38. The van der Waals surface area contributed by atoms with E-state index in [1.165, 1.54) is 25.0 Å². The van der Waals surface area contributed by atoms with Crippen molar-refractivity contribution >= 4 is 17.9 Å². The zero-order chi connectivity index (χ0) is 16.2. The number of carbonyl (C=O) groups is 3. The zero-order valence-corrected chi connectivity index (χ0v) is 13.1. The fourth-order valence-corrected chi connectivity index (χ4v) is 3.59. The van der Waals surface area contributed by atoms with Gasteiger partial charge in [0, 0.05) is 25.2 Å². The van der Waals surface area contributed by atoms with Crippen molar-refractivity contribution in [2.75, 3.05) is 19.7 Å². The molecule has 6 heteroatoms. The minimum absolute atomic E-state index is 0.167. The fourth-order valence-electron chi connectivity index (χ4n) is 3.59. The Labute approximate surface area is 135 Å². The van der Waals surface area contributed by atoms with Crippen LogP contribution in [0.5, 0.6) is 0 Å². The van der Waals surface area contributed by atoms with Crippen LogP contribution in [0, 0.1) is 17.8 Å². The third-order valence-corrected chi connectivity index (χ3v) is 4.92. The van der Waals surface area contributed by atoms with Crippen LogP contribution in [-0.4, -0.2) is 42.5 Å². The first-order valence-corrected chi connectivity index (χ1v) is 8.26. The van der Waals surface area contributed by atoms with E-state index in [9.17, 15) is 14.4 Å². The lowest BCUT2D eigenvalue weighted by Gasteiger charge is -2.14. The van der Waals surface area contributed by atoms with Crippen molar-refractivity contribution in [2.24, 2.45) is 17.8 Å². The molecule has 0 bridgehead atoms. The fraction of sp³-hybridized carbons (Fsp3) is 0.588. The second kappa shape index (κ2) is 6.98. The topological polar surface area (TPSA) is 75.7 Å². The quantitative estimate of drug-likeness (QED) is 0.617. The Balaban J connectivity index is 1.31. The van der Waals surface area contributed by atoms with Gasteiger partial charge in [-0.15, -0.1) is 0 Å². The molecule has 0 aromatic heterocycles. The van der Waals surface area contributed by atoms with Crippen molar-refractivity contribution < 1.29 is 19.1 Å². The second-order valence-electron chi connectivity index (χ2n) is 6.30. The second-order valence-corrected chi connectivity index (χ2v) is 6.30.